The van der Waals surface area contributed by atoms with Crippen molar-refractivity contribution in [1.82, 2.24) is 0 Å². The van der Waals surface area contributed by atoms with Gasteiger partial charge in [0.25, 0.3) is 0 Å². The van der Waals surface area contributed by atoms with Crippen LogP contribution in [-0.4, -0.2) is 0 Å². The van der Waals surface area contributed by atoms with Crippen LogP contribution in [0.1, 0.15) is 18.9 Å². The van der Waals surface area contributed by atoms with Crippen molar-refractivity contribution >= 4 is 21.4 Å². The van der Waals surface area contributed by atoms with Crippen LogP contribution in [0.4, 0.5) is 0 Å². The summed E-state index contributed by atoms with van der Waals surface area (Å²) in [5.74, 6) is 0. The van der Waals surface area contributed by atoms with Crippen molar-refractivity contribution in [3.8, 4) is 0 Å². The van der Waals surface area contributed by atoms with Gasteiger partial charge in [0.2, 0.25) is 0 Å². The maximum atomic E-state index is 2.30. The average Bonchev–Trinajstić information content (AvgIpc) is 2.51. The molecule has 0 atom stereocenters. The van der Waals surface area contributed by atoms with E-state index in [-0.39, 0.29) is 0 Å². The molecule has 0 nitrogen and oxygen atoms in total. The zero-order valence-corrected chi connectivity index (χ0v) is 8.03. The fourth-order valence-corrected chi connectivity index (χ4v) is 2.23. The minimum Gasteiger partial charge on any atom is -0.144 e. The Morgan fingerprint density at radius 1 is 1.25 bits per heavy atom. The van der Waals surface area contributed by atoms with E-state index in [1.165, 1.54) is 28.5 Å². The van der Waals surface area contributed by atoms with E-state index in [1.54, 1.807) is 0 Å². The number of hydrogen-bond acceptors (Lipinski definition) is 1. The van der Waals surface area contributed by atoms with Crippen LogP contribution in [0.3, 0.4) is 0 Å². The Labute approximate surface area is 76.8 Å². The first-order chi connectivity index (χ1) is 5.90. The van der Waals surface area contributed by atoms with E-state index in [9.17, 15) is 0 Å². The van der Waals surface area contributed by atoms with Crippen molar-refractivity contribution in [2.45, 2.75) is 19.8 Å². The van der Waals surface area contributed by atoms with Crippen LogP contribution in [0.25, 0.3) is 10.1 Å². The molecule has 0 fully saturated rings. The summed E-state index contributed by atoms with van der Waals surface area (Å²) in [5.41, 5.74) is 1.46. The van der Waals surface area contributed by atoms with Crippen molar-refractivity contribution in [2.75, 3.05) is 0 Å². The van der Waals surface area contributed by atoms with Gasteiger partial charge in [-0.25, -0.2) is 0 Å². The van der Waals surface area contributed by atoms with Gasteiger partial charge in [0.05, 0.1) is 0 Å². The van der Waals surface area contributed by atoms with Crippen LogP contribution >= 0.6 is 11.3 Å². The molecule has 12 heavy (non-hydrogen) atoms. The number of aryl methyl sites for hydroxylation is 1. The van der Waals surface area contributed by atoms with Gasteiger partial charge in [-0.05, 0) is 34.9 Å². The second-order valence-corrected chi connectivity index (χ2v) is 3.99. The fourth-order valence-electron chi connectivity index (χ4n) is 1.46. The average molecular weight is 176 g/mol. The van der Waals surface area contributed by atoms with Crippen LogP contribution in [0, 0.1) is 0 Å². The standard InChI is InChI=1S/C11H12S/c1-2-3-9-4-5-11-10(8-9)6-7-12-11/h4-8H,2-3H2,1H3. The van der Waals surface area contributed by atoms with Gasteiger partial charge in [-0.15, -0.1) is 11.3 Å². The quantitative estimate of drug-likeness (QED) is 0.652. The molecule has 0 saturated heterocycles. The summed E-state index contributed by atoms with van der Waals surface area (Å²) in [6, 6.07) is 8.96. The molecular weight excluding hydrogens is 164 g/mol. The summed E-state index contributed by atoms with van der Waals surface area (Å²) in [6.07, 6.45) is 2.43. The predicted octanol–water partition coefficient (Wildman–Crippen LogP) is 3.85. The van der Waals surface area contributed by atoms with Gasteiger partial charge < -0.3 is 0 Å². The van der Waals surface area contributed by atoms with Crippen LogP contribution in [0.2, 0.25) is 0 Å². The summed E-state index contributed by atoms with van der Waals surface area (Å²) in [5, 5.41) is 3.55. The number of fused-ring (bicyclic) bond motifs is 1. The summed E-state index contributed by atoms with van der Waals surface area (Å²) >= 11 is 1.81. The minimum atomic E-state index is 1.20. The highest BCUT2D eigenvalue weighted by atomic mass is 32.1. The van der Waals surface area contributed by atoms with Crippen molar-refractivity contribution in [1.29, 1.82) is 0 Å². The van der Waals surface area contributed by atoms with E-state index in [0.29, 0.717) is 0 Å². The molecule has 0 N–H and O–H groups in total. The predicted molar refractivity (Wildman–Crippen MR) is 55.8 cm³/mol. The summed E-state index contributed by atoms with van der Waals surface area (Å²) in [7, 11) is 0. The van der Waals surface area contributed by atoms with E-state index >= 15 is 0 Å². The zero-order valence-electron chi connectivity index (χ0n) is 7.21. The highest BCUT2D eigenvalue weighted by molar-refractivity contribution is 7.17. The largest absolute Gasteiger partial charge is 0.144 e. The van der Waals surface area contributed by atoms with Crippen LogP contribution < -0.4 is 0 Å². The van der Waals surface area contributed by atoms with Crippen molar-refractivity contribution in [2.24, 2.45) is 0 Å². The second-order valence-electron chi connectivity index (χ2n) is 3.04. The highest BCUT2D eigenvalue weighted by Crippen LogP contribution is 2.22. The SMILES string of the molecule is CCCc1ccc2sccc2c1. The molecule has 2 rings (SSSR count). The number of benzene rings is 1. The molecule has 1 heterocycles. The number of rotatable bonds is 2. The third kappa shape index (κ3) is 1.37. The summed E-state index contributed by atoms with van der Waals surface area (Å²) < 4.78 is 1.40. The van der Waals surface area contributed by atoms with E-state index in [0.717, 1.165) is 0 Å². The van der Waals surface area contributed by atoms with Gasteiger partial charge >= 0.3 is 0 Å². The molecule has 0 unspecified atom stereocenters. The van der Waals surface area contributed by atoms with Gasteiger partial charge in [0.1, 0.15) is 0 Å². The Balaban J connectivity index is 2.46. The zero-order chi connectivity index (χ0) is 8.39. The Morgan fingerprint density at radius 3 is 3.00 bits per heavy atom. The molecule has 0 radical (unpaired) electrons. The molecule has 1 heteroatoms. The molecule has 2 aromatic rings. The molecule has 0 aliphatic carbocycles. The van der Waals surface area contributed by atoms with E-state index in [1.807, 2.05) is 11.3 Å². The van der Waals surface area contributed by atoms with Crippen molar-refractivity contribution in [3.63, 3.8) is 0 Å². The molecule has 1 aromatic heterocycles. The molecule has 0 bridgehead atoms. The van der Waals surface area contributed by atoms with E-state index in [4.69, 9.17) is 0 Å². The Kier molecular flexibility index (Phi) is 2.13. The maximum Gasteiger partial charge on any atom is 0.0342 e. The maximum absolute atomic E-state index is 2.30. The lowest BCUT2D eigenvalue weighted by Crippen LogP contribution is -1.80. The Morgan fingerprint density at radius 2 is 2.17 bits per heavy atom. The van der Waals surface area contributed by atoms with Crippen LogP contribution in [-0.2, 0) is 6.42 Å². The van der Waals surface area contributed by atoms with Gasteiger partial charge in [-0.1, -0.05) is 25.5 Å². The molecule has 0 aliphatic rings. The van der Waals surface area contributed by atoms with E-state index in [2.05, 4.69) is 36.6 Å². The Hall–Kier alpha value is -0.820. The van der Waals surface area contributed by atoms with Crippen molar-refractivity contribution in [3.05, 3.63) is 35.2 Å². The molecule has 0 aliphatic heterocycles. The number of hydrogen-bond donors (Lipinski definition) is 0. The minimum absolute atomic E-state index is 1.20. The normalized spacial score (nSPS) is 10.8. The van der Waals surface area contributed by atoms with Crippen molar-refractivity contribution < 1.29 is 0 Å². The monoisotopic (exact) mass is 176 g/mol. The molecular formula is C11H12S. The first kappa shape index (κ1) is 7.81. The van der Waals surface area contributed by atoms with Gasteiger partial charge in [0.15, 0.2) is 0 Å². The Bertz CT molecular complexity index is 373. The topological polar surface area (TPSA) is 0 Å². The molecule has 62 valence electrons. The number of thiophene rings is 1. The van der Waals surface area contributed by atoms with Gasteiger partial charge in [-0.2, -0.15) is 0 Å². The second kappa shape index (κ2) is 3.28. The van der Waals surface area contributed by atoms with Crippen LogP contribution in [0.5, 0.6) is 0 Å². The third-order valence-corrected chi connectivity index (χ3v) is 2.95. The lowest BCUT2D eigenvalue weighted by Gasteiger charge is -1.97. The summed E-state index contributed by atoms with van der Waals surface area (Å²) in [6.45, 7) is 2.22. The van der Waals surface area contributed by atoms with E-state index < -0.39 is 0 Å². The van der Waals surface area contributed by atoms with Crippen LogP contribution in [0.15, 0.2) is 29.6 Å². The smallest absolute Gasteiger partial charge is 0.0342 e. The fraction of sp³-hybridized carbons (Fsp3) is 0.273. The first-order valence-electron chi connectivity index (χ1n) is 4.36. The molecule has 0 amide bonds. The highest BCUT2D eigenvalue weighted by Gasteiger charge is 1.95. The molecule has 1 aromatic carbocycles. The molecule has 0 saturated carbocycles. The summed E-state index contributed by atoms with van der Waals surface area (Å²) in [4.78, 5) is 0. The first-order valence-corrected chi connectivity index (χ1v) is 5.24. The lowest BCUT2D eigenvalue weighted by atomic mass is 10.1. The lowest BCUT2D eigenvalue weighted by molar-refractivity contribution is 0.924. The van der Waals surface area contributed by atoms with Gasteiger partial charge in [-0.3, -0.25) is 0 Å². The third-order valence-electron chi connectivity index (χ3n) is 2.06. The molecule has 0 spiro atoms. The van der Waals surface area contributed by atoms with Gasteiger partial charge in [0, 0.05) is 4.70 Å².